The Hall–Kier alpha value is -0.610. The Balaban J connectivity index is 1.84. The van der Waals surface area contributed by atoms with Gasteiger partial charge in [-0.25, -0.2) is 0 Å². The van der Waals surface area contributed by atoms with E-state index in [1.165, 1.54) is 12.8 Å². The summed E-state index contributed by atoms with van der Waals surface area (Å²) >= 11 is 0. The third-order valence-corrected chi connectivity index (χ3v) is 3.81. The zero-order valence-electron chi connectivity index (χ0n) is 10.8. The maximum absolute atomic E-state index is 12.3. The van der Waals surface area contributed by atoms with Crippen LogP contribution in [0.4, 0.5) is 0 Å². The quantitative estimate of drug-likeness (QED) is 0.797. The summed E-state index contributed by atoms with van der Waals surface area (Å²) in [7, 11) is 0. The van der Waals surface area contributed by atoms with Crippen molar-refractivity contribution in [1.82, 2.24) is 10.2 Å². The summed E-state index contributed by atoms with van der Waals surface area (Å²) in [5.41, 5.74) is 0. The van der Waals surface area contributed by atoms with E-state index in [9.17, 15) is 4.79 Å². The third kappa shape index (κ3) is 3.42. The number of hydrogen-bond acceptors (Lipinski definition) is 3. The van der Waals surface area contributed by atoms with Gasteiger partial charge in [0.15, 0.2) is 0 Å². The van der Waals surface area contributed by atoms with Crippen molar-refractivity contribution < 1.29 is 9.53 Å². The molecule has 1 N–H and O–H groups in total. The first-order valence-electron chi connectivity index (χ1n) is 6.91. The molecular formula is C13H24N2O2. The van der Waals surface area contributed by atoms with Gasteiger partial charge in [0.25, 0.3) is 0 Å². The predicted octanol–water partition coefficient (Wildman–Crippen LogP) is 1.01. The van der Waals surface area contributed by atoms with Crippen molar-refractivity contribution in [3.8, 4) is 0 Å². The van der Waals surface area contributed by atoms with Gasteiger partial charge in [-0.3, -0.25) is 4.79 Å². The molecule has 0 aromatic carbocycles. The maximum Gasteiger partial charge on any atom is 0.228 e. The van der Waals surface area contributed by atoms with E-state index < -0.39 is 0 Å². The number of rotatable bonds is 4. The van der Waals surface area contributed by atoms with E-state index in [1.54, 1.807) is 0 Å². The average molecular weight is 240 g/mol. The maximum atomic E-state index is 12.3. The van der Waals surface area contributed by atoms with E-state index in [1.807, 2.05) is 4.90 Å². The molecule has 2 heterocycles. The number of ether oxygens (including phenoxy) is 1. The van der Waals surface area contributed by atoms with Gasteiger partial charge in [-0.15, -0.1) is 0 Å². The van der Waals surface area contributed by atoms with Crippen LogP contribution in [0.5, 0.6) is 0 Å². The van der Waals surface area contributed by atoms with Crippen molar-refractivity contribution >= 4 is 5.91 Å². The lowest BCUT2D eigenvalue weighted by Crippen LogP contribution is -2.45. The van der Waals surface area contributed by atoms with Crippen LogP contribution in [0.2, 0.25) is 0 Å². The monoisotopic (exact) mass is 240 g/mol. The molecule has 2 saturated heterocycles. The molecule has 2 aliphatic heterocycles. The van der Waals surface area contributed by atoms with Crippen LogP contribution in [0.1, 0.15) is 32.6 Å². The summed E-state index contributed by atoms with van der Waals surface area (Å²) in [6.07, 6.45) is 4.46. The van der Waals surface area contributed by atoms with Gasteiger partial charge in [0.05, 0.1) is 12.5 Å². The van der Waals surface area contributed by atoms with Crippen molar-refractivity contribution in [2.24, 2.45) is 5.92 Å². The van der Waals surface area contributed by atoms with Crippen molar-refractivity contribution in [3.05, 3.63) is 0 Å². The van der Waals surface area contributed by atoms with Gasteiger partial charge < -0.3 is 15.0 Å². The molecule has 4 nitrogen and oxygen atoms in total. The number of amides is 1. The molecule has 0 aromatic heterocycles. The largest absolute Gasteiger partial charge is 0.381 e. The average Bonchev–Trinajstić information content (AvgIpc) is 2.89. The fourth-order valence-electron chi connectivity index (χ4n) is 2.75. The highest BCUT2D eigenvalue weighted by molar-refractivity contribution is 5.79. The molecule has 4 heteroatoms. The van der Waals surface area contributed by atoms with E-state index >= 15 is 0 Å². The van der Waals surface area contributed by atoms with Crippen molar-refractivity contribution in [3.63, 3.8) is 0 Å². The van der Waals surface area contributed by atoms with Crippen LogP contribution < -0.4 is 5.32 Å². The first kappa shape index (κ1) is 12.8. The molecule has 17 heavy (non-hydrogen) atoms. The van der Waals surface area contributed by atoms with Crippen LogP contribution in [-0.4, -0.2) is 49.7 Å². The molecule has 2 aliphatic rings. The van der Waals surface area contributed by atoms with Gasteiger partial charge in [0.2, 0.25) is 5.91 Å². The van der Waals surface area contributed by atoms with Gasteiger partial charge >= 0.3 is 0 Å². The summed E-state index contributed by atoms with van der Waals surface area (Å²) in [5.74, 6) is 0.394. The van der Waals surface area contributed by atoms with Gasteiger partial charge in [0.1, 0.15) is 0 Å². The van der Waals surface area contributed by atoms with Crippen molar-refractivity contribution in [2.75, 3.05) is 32.8 Å². The second kappa shape index (κ2) is 6.36. The van der Waals surface area contributed by atoms with Crippen LogP contribution in [-0.2, 0) is 9.53 Å². The van der Waals surface area contributed by atoms with Crippen molar-refractivity contribution in [1.29, 1.82) is 0 Å². The van der Waals surface area contributed by atoms with E-state index in [2.05, 4.69) is 12.2 Å². The lowest BCUT2D eigenvalue weighted by atomic mass is 10.0. The molecule has 2 rings (SSSR count). The predicted molar refractivity (Wildman–Crippen MR) is 66.8 cm³/mol. The Labute approximate surface area is 104 Å². The van der Waals surface area contributed by atoms with E-state index in [-0.39, 0.29) is 5.92 Å². The second-order valence-electron chi connectivity index (χ2n) is 5.08. The van der Waals surface area contributed by atoms with Gasteiger partial charge in [-0.05, 0) is 39.2 Å². The third-order valence-electron chi connectivity index (χ3n) is 3.81. The summed E-state index contributed by atoms with van der Waals surface area (Å²) in [6, 6.07) is 0.503. The Morgan fingerprint density at radius 1 is 1.41 bits per heavy atom. The molecule has 0 spiro atoms. The molecule has 0 bridgehead atoms. The molecule has 1 amide bonds. The van der Waals surface area contributed by atoms with E-state index in [4.69, 9.17) is 4.74 Å². The number of nitrogens with one attached hydrogen (secondary N) is 1. The molecule has 98 valence electrons. The minimum atomic E-state index is 0.102. The Bertz CT molecular complexity index is 246. The van der Waals surface area contributed by atoms with Gasteiger partial charge in [-0.1, -0.05) is 0 Å². The Morgan fingerprint density at radius 3 is 2.88 bits per heavy atom. The molecule has 0 radical (unpaired) electrons. The molecule has 0 aliphatic carbocycles. The zero-order chi connectivity index (χ0) is 12.1. The fraction of sp³-hybridized carbons (Fsp3) is 0.923. The SMILES string of the molecule is CCN(CC1CCCN1)C(=O)C1CCCOC1. The summed E-state index contributed by atoms with van der Waals surface area (Å²) in [5, 5.41) is 3.45. The van der Waals surface area contributed by atoms with Crippen LogP contribution >= 0.6 is 0 Å². The number of likely N-dealkylation sites (N-methyl/N-ethyl adjacent to an activating group) is 1. The molecule has 2 atom stereocenters. The summed E-state index contributed by atoms with van der Waals surface area (Å²) in [4.78, 5) is 14.3. The summed E-state index contributed by atoms with van der Waals surface area (Å²) in [6.45, 7) is 6.28. The van der Waals surface area contributed by atoms with Crippen LogP contribution in [0.25, 0.3) is 0 Å². The minimum absolute atomic E-state index is 0.102. The fourth-order valence-corrected chi connectivity index (χ4v) is 2.75. The number of carbonyl (C=O) groups excluding carboxylic acids is 1. The molecule has 2 fully saturated rings. The summed E-state index contributed by atoms with van der Waals surface area (Å²) < 4.78 is 5.40. The highest BCUT2D eigenvalue weighted by Gasteiger charge is 2.27. The van der Waals surface area contributed by atoms with Crippen molar-refractivity contribution in [2.45, 2.75) is 38.6 Å². The van der Waals surface area contributed by atoms with Crippen LogP contribution in [0.3, 0.4) is 0 Å². The van der Waals surface area contributed by atoms with Crippen LogP contribution in [0.15, 0.2) is 0 Å². The number of hydrogen-bond donors (Lipinski definition) is 1. The van der Waals surface area contributed by atoms with Gasteiger partial charge in [-0.2, -0.15) is 0 Å². The molecular weight excluding hydrogens is 216 g/mol. The lowest BCUT2D eigenvalue weighted by Gasteiger charge is -2.30. The lowest BCUT2D eigenvalue weighted by molar-refractivity contribution is -0.139. The Kier molecular flexibility index (Phi) is 4.80. The Morgan fingerprint density at radius 2 is 2.29 bits per heavy atom. The molecule has 0 aromatic rings. The van der Waals surface area contributed by atoms with E-state index in [0.29, 0.717) is 18.6 Å². The number of nitrogens with zero attached hydrogens (tertiary/aromatic N) is 1. The molecule has 0 saturated carbocycles. The highest BCUT2D eigenvalue weighted by Crippen LogP contribution is 2.17. The first-order valence-corrected chi connectivity index (χ1v) is 6.91. The first-order chi connectivity index (χ1) is 8.31. The topological polar surface area (TPSA) is 41.6 Å². The van der Waals surface area contributed by atoms with Gasteiger partial charge in [0, 0.05) is 25.7 Å². The number of carbonyl (C=O) groups is 1. The second-order valence-corrected chi connectivity index (χ2v) is 5.08. The minimum Gasteiger partial charge on any atom is -0.381 e. The normalized spacial score (nSPS) is 29.2. The zero-order valence-corrected chi connectivity index (χ0v) is 10.8. The van der Waals surface area contributed by atoms with E-state index in [0.717, 1.165) is 39.1 Å². The smallest absolute Gasteiger partial charge is 0.228 e. The molecule has 2 unspecified atom stereocenters. The van der Waals surface area contributed by atoms with Crippen LogP contribution in [0, 0.1) is 5.92 Å². The highest BCUT2D eigenvalue weighted by atomic mass is 16.5. The standard InChI is InChI=1S/C13H24N2O2/c1-2-15(9-12-6-3-7-14-12)13(16)11-5-4-8-17-10-11/h11-12,14H,2-10H2,1H3.